The number of carbonyl (C=O) groups excluding carboxylic acids is 3. The van der Waals surface area contributed by atoms with Crippen molar-refractivity contribution in [2.75, 3.05) is 18.1 Å². The minimum absolute atomic E-state index is 0.0493. The Bertz CT molecular complexity index is 1160. The molecule has 3 heterocycles. The minimum atomic E-state index is -3.18. The third-order valence-electron chi connectivity index (χ3n) is 6.45. The molecule has 3 atom stereocenters. The molecular formula is C22H28N4O5S. The first kappa shape index (κ1) is 22.3. The lowest BCUT2D eigenvalue weighted by molar-refractivity contribution is -0.140. The summed E-state index contributed by atoms with van der Waals surface area (Å²) in [5.74, 6) is -0.880. The lowest BCUT2D eigenvalue weighted by Crippen LogP contribution is -2.51. The number of urea groups is 1. The molecule has 32 heavy (non-hydrogen) atoms. The fraction of sp³-hybridized carbons (Fsp3) is 0.500. The number of H-pyrrole nitrogens is 1. The smallest absolute Gasteiger partial charge is 0.325 e. The normalized spacial score (nSPS) is 23.5. The van der Waals surface area contributed by atoms with Gasteiger partial charge in [0.15, 0.2) is 9.84 Å². The predicted octanol–water partition coefficient (Wildman–Crippen LogP) is 1.44. The Hall–Kier alpha value is -2.88. The molecule has 2 fully saturated rings. The van der Waals surface area contributed by atoms with E-state index in [9.17, 15) is 22.8 Å². The number of rotatable bonds is 7. The minimum Gasteiger partial charge on any atom is -0.361 e. The number of nitrogens with one attached hydrogen (secondary N) is 2. The van der Waals surface area contributed by atoms with E-state index in [1.807, 2.05) is 44.3 Å². The second kappa shape index (κ2) is 8.57. The van der Waals surface area contributed by atoms with Crippen molar-refractivity contribution in [1.29, 1.82) is 0 Å². The Morgan fingerprint density at radius 2 is 2.03 bits per heavy atom. The lowest BCUT2D eigenvalue weighted by Gasteiger charge is -2.34. The number of hydrogen-bond acceptors (Lipinski definition) is 5. The summed E-state index contributed by atoms with van der Waals surface area (Å²) in [6, 6.07) is 5.74. The van der Waals surface area contributed by atoms with E-state index in [4.69, 9.17) is 0 Å². The third kappa shape index (κ3) is 4.23. The first-order valence-electron chi connectivity index (χ1n) is 10.9. The molecule has 2 N–H and O–H groups in total. The summed E-state index contributed by atoms with van der Waals surface area (Å²) in [6.07, 6.45) is 3.16. The van der Waals surface area contributed by atoms with Crippen LogP contribution in [0.5, 0.6) is 0 Å². The van der Waals surface area contributed by atoms with Crippen LogP contribution in [-0.2, 0) is 25.8 Å². The molecule has 4 rings (SSSR count). The van der Waals surface area contributed by atoms with Gasteiger partial charge in [-0.05, 0) is 31.4 Å². The highest BCUT2D eigenvalue weighted by atomic mass is 32.2. The van der Waals surface area contributed by atoms with Gasteiger partial charge in [0.25, 0.3) is 5.91 Å². The number of fused-ring (bicyclic) bond motifs is 1. The number of sulfone groups is 1. The van der Waals surface area contributed by atoms with E-state index in [-0.39, 0.29) is 17.5 Å². The van der Waals surface area contributed by atoms with Gasteiger partial charge in [-0.25, -0.2) is 13.2 Å². The van der Waals surface area contributed by atoms with Crippen molar-refractivity contribution in [2.45, 2.75) is 51.2 Å². The predicted molar refractivity (Wildman–Crippen MR) is 120 cm³/mol. The van der Waals surface area contributed by atoms with Crippen LogP contribution in [0.2, 0.25) is 0 Å². The van der Waals surface area contributed by atoms with E-state index >= 15 is 0 Å². The van der Waals surface area contributed by atoms with Crippen LogP contribution in [0.4, 0.5) is 4.79 Å². The van der Waals surface area contributed by atoms with Gasteiger partial charge < -0.3 is 15.2 Å². The van der Waals surface area contributed by atoms with E-state index in [0.717, 1.165) is 21.4 Å². The molecular weight excluding hydrogens is 432 g/mol. The largest absolute Gasteiger partial charge is 0.361 e. The zero-order valence-electron chi connectivity index (χ0n) is 18.2. The number of carbonyl (C=O) groups is 3. The molecule has 0 radical (unpaired) electrons. The number of aromatic amines is 1. The highest BCUT2D eigenvalue weighted by Crippen LogP contribution is 2.24. The SMILES string of the molecule is CC[C@H](C)N(C(=O)CN1C(=O)N[C@@H](Cc2c[nH]c3ccccc23)C1=O)[C@@H]1CCS(=O)(=O)C1. The average Bonchev–Trinajstić information content (AvgIpc) is 3.40. The summed E-state index contributed by atoms with van der Waals surface area (Å²) in [5.41, 5.74) is 1.85. The molecule has 2 saturated heterocycles. The molecule has 1 aromatic carbocycles. The van der Waals surface area contributed by atoms with Gasteiger partial charge in [-0.1, -0.05) is 25.1 Å². The van der Waals surface area contributed by atoms with Gasteiger partial charge in [0.2, 0.25) is 5.91 Å². The average molecular weight is 461 g/mol. The van der Waals surface area contributed by atoms with E-state index in [2.05, 4.69) is 10.3 Å². The molecule has 172 valence electrons. The van der Waals surface area contributed by atoms with Crippen LogP contribution in [0.3, 0.4) is 0 Å². The molecule has 2 aliphatic rings. The van der Waals surface area contributed by atoms with Crippen LogP contribution in [0.15, 0.2) is 30.5 Å². The monoisotopic (exact) mass is 460 g/mol. The van der Waals surface area contributed by atoms with Gasteiger partial charge in [0.1, 0.15) is 12.6 Å². The molecule has 4 amide bonds. The van der Waals surface area contributed by atoms with Gasteiger partial charge in [-0.15, -0.1) is 0 Å². The van der Waals surface area contributed by atoms with Crippen LogP contribution in [0, 0.1) is 0 Å². The number of nitrogens with zero attached hydrogens (tertiary/aromatic N) is 2. The Morgan fingerprint density at radius 3 is 2.72 bits per heavy atom. The quantitative estimate of drug-likeness (QED) is 0.606. The molecule has 0 bridgehead atoms. The molecule has 2 aromatic rings. The van der Waals surface area contributed by atoms with Crippen molar-refractivity contribution < 1.29 is 22.8 Å². The Morgan fingerprint density at radius 1 is 1.28 bits per heavy atom. The summed E-state index contributed by atoms with van der Waals surface area (Å²) >= 11 is 0. The fourth-order valence-corrected chi connectivity index (χ4v) is 6.31. The maximum atomic E-state index is 13.1. The molecule has 0 unspecified atom stereocenters. The van der Waals surface area contributed by atoms with Gasteiger partial charge in [-0.3, -0.25) is 14.5 Å². The molecule has 0 aliphatic carbocycles. The highest BCUT2D eigenvalue weighted by molar-refractivity contribution is 7.91. The topological polar surface area (TPSA) is 120 Å². The summed E-state index contributed by atoms with van der Waals surface area (Å²) in [4.78, 5) is 44.3. The molecule has 2 aliphatic heterocycles. The number of hydrogen-bond donors (Lipinski definition) is 2. The van der Waals surface area contributed by atoms with Crippen molar-refractivity contribution in [3.05, 3.63) is 36.0 Å². The van der Waals surface area contributed by atoms with Gasteiger partial charge in [0.05, 0.1) is 11.5 Å². The zero-order chi connectivity index (χ0) is 23.0. The van der Waals surface area contributed by atoms with E-state index in [0.29, 0.717) is 19.3 Å². The van der Waals surface area contributed by atoms with Crippen LogP contribution in [-0.4, -0.2) is 77.2 Å². The van der Waals surface area contributed by atoms with E-state index in [1.165, 1.54) is 0 Å². The van der Waals surface area contributed by atoms with Crippen molar-refractivity contribution in [3.63, 3.8) is 0 Å². The number of para-hydroxylation sites is 1. The maximum absolute atomic E-state index is 13.1. The second-order valence-electron chi connectivity index (χ2n) is 8.61. The Kier molecular flexibility index (Phi) is 5.98. The Balaban J connectivity index is 1.47. The van der Waals surface area contributed by atoms with Crippen molar-refractivity contribution >= 4 is 38.6 Å². The standard InChI is InChI=1S/C22H28N4O5S/c1-3-14(2)26(16-8-9-32(30,31)13-16)20(27)12-25-21(28)19(24-22(25)29)10-15-11-23-18-7-5-4-6-17(15)18/h4-7,11,14,16,19,23H,3,8-10,12-13H2,1-2H3,(H,24,29)/t14-,16+,19-/m0/s1. The second-order valence-corrected chi connectivity index (χ2v) is 10.8. The third-order valence-corrected chi connectivity index (χ3v) is 8.21. The van der Waals surface area contributed by atoms with Crippen molar-refractivity contribution in [1.82, 2.24) is 20.1 Å². The number of aromatic nitrogens is 1. The van der Waals surface area contributed by atoms with Gasteiger partial charge in [-0.2, -0.15) is 0 Å². The fourth-order valence-electron chi connectivity index (χ4n) is 4.60. The molecule has 10 heteroatoms. The van der Waals surface area contributed by atoms with E-state index < -0.39 is 46.3 Å². The lowest BCUT2D eigenvalue weighted by atomic mass is 10.1. The molecule has 0 spiro atoms. The highest BCUT2D eigenvalue weighted by Gasteiger charge is 2.42. The Labute approximate surface area is 187 Å². The summed E-state index contributed by atoms with van der Waals surface area (Å²) in [5, 5.41) is 3.66. The van der Waals surface area contributed by atoms with Crippen LogP contribution >= 0.6 is 0 Å². The molecule has 9 nitrogen and oxygen atoms in total. The van der Waals surface area contributed by atoms with Gasteiger partial charge in [0, 0.05) is 35.6 Å². The van der Waals surface area contributed by atoms with Crippen molar-refractivity contribution in [2.24, 2.45) is 0 Å². The number of imide groups is 1. The van der Waals surface area contributed by atoms with Crippen LogP contribution in [0.25, 0.3) is 10.9 Å². The van der Waals surface area contributed by atoms with Gasteiger partial charge >= 0.3 is 6.03 Å². The maximum Gasteiger partial charge on any atom is 0.325 e. The zero-order valence-corrected chi connectivity index (χ0v) is 19.0. The summed E-state index contributed by atoms with van der Waals surface area (Å²) < 4.78 is 23.9. The number of amides is 4. The van der Waals surface area contributed by atoms with E-state index in [1.54, 1.807) is 4.90 Å². The summed E-state index contributed by atoms with van der Waals surface area (Å²) in [6.45, 7) is 3.38. The summed E-state index contributed by atoms with van der Waals surface area (Å²) in [7, 11) is -3.18. The molecule has 0 saturated carbocycles. The van der Waals surface area contributed by atoms with Crippen LogP contribution in [0.1, 0.15) is 32.3 Å². The first-order chi connectivity index (χ1) is 15.2. The van der Waals surface area contributed by atoms with Crippen LogP contribution < -0.4 is 5.32 Å². The molecule has 1 aromatic heterocycles. The van der Waals surface area contributed by atoms with Crippen molar-refractivity contribution in [3.8, 4) is 0 Å². The first-order valence-corrected chi connectivity index (χ1v) is 12.7. The number of benzene rings is 1.